The van der Waals surface area contributed by atoms with Crippen LogP contribution >= 0.6 is 0 Å². The van der Waals surface area contributed by atoms with E-state index >= 15 is 0 Å². The molecule has 1 aromatic carbocycles. The van der Waals surface area contributed by atoms with Crippen LogP contribution < -0.4 is 5.32 Å². The van der Waals surface area contributed by atoms with Crippen LogP contribution in [0.25, 0.3) is 11.3 Å². The van der Waals surface area contributed by atoms with Crippen molar-refractivity contribution < 1.29 is 17.6 Å². The van der Waals surface area contributed by atoms with E-state index in [0.29, 0.717) is 17.9 Å². The fourth-order valence-electron chi connectivity index (χ4n) is 1.99. The van der Waals surface area contributed by atoms with E-state index in [4.69, 9.17) is 4.42 Å². The van der Waals surface area contributed by atoms with E-state index in [1.54, 1.807) is 18.2 Å². The predicted molar refractivity (Wildman–Crippen MR) is 75.8 cm³/mol. The standard InChI is InChI=1S/C16H18F3NO/c1-2-3-9-20-11-14-7-8-15(21-14)12-5-4-6-13(10-12)16(17,18)19/h4-8,10,20H,2-3,9,11H2,1H3. The summed E-state index contributed by atoms with van der Waals surface area (Å²) in [5.41, 5.74) is -0.233. The summed E-state index contributed by atoms with van der Waals surface area (Å²) in [7, 11) is 0. The minimum absolute atomic E-state index is 0.435. The Kier molecular flexibility index (Phi) is 5.07. The van der Waals surface area contributed by atoms with Gasteiger partial charge in [-0.1, -0.05) is 25.5 Å². The quantitative estimate of drug-likeness (QED) is 0.771. The van der Waals surface area contributed by atoms with Crippen molar-refractivity contribution in [1.29, 1.82) is 0 Å². The van der Waals surface area contributed by atoms with Crippen LogP contribution in [0.5, 0.6) is 0 Å². The molecule has 0 saturated heterocycles. The van der Waals surface area contributed by atoms with Crippen LogP contribution in [0, 0.1) is 0 Å². The molecular formula is C16H18F3NO. The van der Waals surface area contributed by atoms with Crippen LogP contribution in [0.2, 0.25) is 0 Å². The number of alkyl halides is 3. The molecule has 0 unspecified atom stereocenters. The number of halogens is 3. The van der Waals surface area contributed by atoms with Gasteiger partial charge in [0.05, 0.1) is 12.1 Å². The smallest absolute Gasteiger partial charge is 0.416 e. The number of hydrogen-bond acceptors (Lipinski definition) is 2. The van der Waals surface area contributed by atoms with Gasteiger partial charge in [0.25, 0.3) is 0 Å². The maximum Gasteiger partial charge on any atom is 0.416 e. The molecule has 1 heterocycles. The zero-order valence-corrected chi connectivity index (χ0v) is 11.8. The third kappa shape index (κ3) is 4.36. The highest BCUT2D eigenvalue weighted by Gasteiger charge is 2.30. The minimum atomic E-state index is -4.34. The molecule has 0 atom stereocenters. The van der Waals surface area contributed by atoms with Crippen molar-refractivity contribution in [3.05, 3.63) is 47.7 Å². The Hall–Kier alpha value is -1.75. The van der Waals surface area contributed by atoms with Crippen LogP contribution in [0.15, 0.2) is 40.8 Å². The third-order valence-electron chi connectivity index (χ3n) is 3.14. The summed E-state index contributed by atoms with van der Waals surface area (Å²) in [6, 6.07) is 8.65. The highest BCUT2D eigenvalue weighted by molar-refractivity contribution is 5.58. The molecule has 0 fully saturated rings. The Labute approximate surface area is 122 Å². The Bertz CT molecular complexity index is 575. The van der Waals surface area contributed by atoms with Crippen molar-refractivity contribution in [3.8, 4) is 11.3 Å². The van der Waals surface area contributed by atoms with Crippen molar-refractivity contribution in [1.82, 2.24) is 5.32 Å². The second-order valence-corrected chi connectivity index (χ2v) is 4.87. The number of benzene rings is 1. The van der Waals surface area contributed by atoms with Gasteiger partial charge >= 0.3 is 6.18 Å². The lowest BCUT2D eigenvalue weighted by molar-refractivity contribution is -0.137. The highest BCUT2D eigenvalue weighted by atomic mass is 19.4. The molecule has 2 rings (SSSR count). The number of unbranched alkanes of at least 4 members (excludes halogenated alkanes) is 1. The maximum absolute atomic E-state index is 12.7. The molecule has 2 nitrogen and oxygen atoms in total. The van der Waals surface area contributed by atoms with Gasteiger partial charge in [0.1, 0.15) is 11.5 Å². The first-order valence-electron chi connectivity index (χ1n) is 6.98. The lowest BCUT2D eigenvalue weighted by atomic mass is 10.1. The molecule has 2 aromatic rings. The number of nitrogens with one attached hydrogen (secondary N) is 1. The third-order valence-corrected chi connectivity index (χ3v) is 3.14. The van der Waals surface area contributed by atoms with Crippen molar-refractivity contribution in [2.45, 2.75) is 32.5 Å². The summed E-state index contributed by atoms with van der Waals surface area (Å²) < 4.78 is 43.6. The van der Waals surface area contributed by atoms with Crippen LogP contribution in [0.3, 0.4) is 0 Å². The van der Waals surface area contributed by atoms with Crippen molar-refractivity contribution in [2.75, 3.05) is 6.54 Å². The topological polar surface area (TPSA) is 25.2 Å². The lowest BCUT2D eigenvalue weighted by Gasteiger charge is -2.07. The lowest BCUT2D eigenvalue weighted by Crippen LogP contribution is -2.13. The largest absolute Gasteiger partial charge is 0.460 e. The monoisotopic (exact) mass is 297 g/mol. The van der Waals surface area contributed by atoms with Gasteiger partial charge in [-0.05, 0) is 37.2 Å². The van der Waals surface area contributed by atoms with Gasteiger partial charge in [-0.25, -0.2) is 0 Å². The van der Waals surface area contributed by atoms with Crippen LogP contribution in [-0.4, -0.2) is 6.54 Å². The van der Waals surface area contributed by atoms with E-state index in [2.05, 4.69) is 12.2 Å². The molecule has 0 amide bonds. The molecule has 114 valence electrons. The summed E-state index contributed by atoms with van der Waals surface area (Å²) >= 11 is 0. The summed E-state index contributed by atoms with van der Waals surface area (Å²) in [4.78, 5) is 0. The molecule has 0 saturated carbocycles. The zero-order valence-electron chi connectivity index (χ0n) is 11.8. The molecule has 5 heteroatoms. The summed E-state index contributed by atoms with van der Waals surface area (Å²) in [6.07, 6.45) is -2.14. The molecule has 0 aliphatic heterocycles. The molecular weight excluding hydrogens is 279 g/mol. The number of hydrogen-bond donors (Lipinski definition) is 1. The second kappa shape index (κ2) is 6.80. The van der Waals surface area contributed by atoms with E-state index in [-0.39, 0.29) is 0 Å². The van der Waals surface area contributed by atoms with Gasteiger partial charge in [0, 0.05) is 5.56 Å². The van der Waals surface area contributed by atoms with Gasteiger partial charge in [-0.3, -0.25) is 0 Å². The van der Waals surface area contributed by atoms with Gasteiger partial charge in [-0.2, -0.15) is 13.2 Å². The Morgan fingerprint density at radius 1 is 1.14 bits per heavy atom. The molecule has 0 aliphatic rings. The van der Waals surface area contributed by atoms with E-state index in [1.807, 2.05) is 0 Å². The van der Waals surface area contributed by atoms with Crippen LogP contribution in [0.4, 0.5) is 13.2 Å². The Morgan fingerprint density at radius 2 is 1.95 bits per heavy atom. The molecule has 0 aliphatic carbocycles. The summed E-state index contributed by atoms with van der Waals surface area (Å²) in [5, 5.41) is 3.23. The average molecular weight is 297 g/mol. The number of furan rings is 1. The fraction of sp³-hybridized carbons (Fsp3) is 0.375. The van der Waals surface area contributed by atoms with E-state index in [1.165, 1.54) is 6.07 Å². The van der Waals surface area contributed by atoms with E-state index in [9.17, 15) is 13.2 Å². The van der Waals surface area contributed by atoms with Gasteiger partial charge < -0.3 is 9.73 Å². The fourth-order valence-corrected chi connectivity index (χ4v) is 1.99. The Balaban J connectivity index is 2.07. The zero-order chi connectivity index (χ0) is 15.3. The first-order chi connectivity index (χ1) is 10.0. The van der Waals surface area contributed by atoms with E-state index in [0.717, 1.165) is 37.3 Å². The molecule has 0 bridgehead atoms. The van der Waals surface area contributed by atoms with Gasteiger partial charge in [0.15, 0.2) is 0 Å². The SMILES string of the molecule is CCCCNCc1ccc(-c2cccc(C(F)(F)F)c2)o1. The molecule has 1 N–H and O–H groups in total. The minimum Gasteiger partial charge on any atom is -0.460 e. The molecule has 21 heavy (non-hydrogen) atoms. The van der Waals surface area contributed by atoms with Crippen LogP contribution in [-0.2, 0) is 12.7 Å². The molecule has 0 spiro atoms. The second-order valence-electron chi connectivity index (χ2n) is 4.87. The maximum atomic E-state index is 12.7. The van der Waals surface area contributed by atoms with Gasteiger partial charge in [0.2, 0.25) is 0 Å². The molecule has 1 aromatic heterocycles. The van der Waals surface area contributed by atoms with Crippen molar-refractivity contribution in [2.24, 2.45) is 0 Å². The number of rotatable bonds is 6. The molecule has 0 radical (unpaired) electrons. The summed E-state index contributed by atoms with van der Waals surface area (Å²) in [5.74, 6) is 1.17. The van der Waals surface area contributed by atoms with E-state index < -0.39 is 11.7 Å². The first-order valence-corrected chi connectivity index (χ1v) is 6.98. The summed E-state index contributed by atoms with van der Waals surface area (Å²) in [6.45, 7) is 3.59. The highest BCUT2D eigenvalue weighted by Crippen LogP contribution is 2.32. The average Bonchev–Trinajstić information content (AvgIpc) is 2.92. The predicted octanol–water partition coefficient (Wildman–Crippen LogP) is 4.86. The van der Waals surface area contributed by atoms with Gasteiger partial charge in [-0.15, -0.1) is 0 Å². The van der Waals surface area contributed by atoms with Crippen LogP contribution in [0.1, 0.15) is 31.1 Å². The normalized spacial score (nSPS) is 11.8. The first kappa shape index (κ1) is 15.6. The van der Waals surface area contributed by atoms with Crippen molar-refractivity contribution >= 4 is 0 Å². The van der Waals surface area contributed by atoms with Crippen molar-refractivity contribution in [3.63, 3.8) is 0 Å². The Morgan fingerprint density at radius 3 is 2.67 bits per heavy atom.